The van der Waals surface area contributed by atoms with E-state index in [2.05, 4.69) is 15.2 Å². The van der Waals surface area contributed by atoms with E-state index in [4.69, 9.17) is 4.52 Å². The van der Waals surface area contributed by atoms with Gasteiger partial charge in [-0.25, -0.2) is 12.8 Å². The van der Waals surface area contributed by atoms with Gasteiger partial charge in [-0.15, -0.1) is 0 Å². The van der Waals surface area contributed by atoms with Gasteiger partial charge in [-0.3, -0.25) is 9.48 Å². The molecular weight excluding hydrogens is 425 g/mol. The van der Waals surface area contributed by atoms with Gasteiger partial charge in [-0.1, -0.05) is 5.16 Å². The summed E-state index contributed by atoms with van der Waals surface area (Å²) in [6.45, 7) is 2.68. The summed E-state index contributed by atoms with van der Waals surface area (Å²) >= 11 is 0. The number of hydrogen-bond acceptors (Lipinski definition) is 7. The first kappa shape index (κ1) is 19.9. The van der Waals surface area contributed by atoms with Crippen molar-refractivity contribution in [3.05, 3.63) is 53.9 Å². The minimum Gasteiger partial charge on any atom is -0.339 e. The number of benzene rings is 1. The largest absolute Gasteiger partial charge is 0.339 e. The Morgan fingerprint density at radius 3 is 2.68 bits per heavy atom. The first-order valence-electron chi connectivity index (χ1n) is 9.97. The number of sulfone groups is 1. The van der Waals surface area contributed by atoms with Crippen LogP contribution in [0.3, 0.4) is 0 Å². The van der Waals surface area contributed by atoms with Crippen LogP contribution in [0.15, 0.2) is 41.1 Å². The second-order valence-corrected chi connectivity index (χ2v) is 10.4. The summed E-state index contributed by atoms with van der Waals surface area (Å²) in [5, 5.41) is 8.16. The number of rotatable bonds is 4. The SMILES string of the molecule is CCn1ccc(C(=O)N2CC3(C2)C(c2nc(-c4ccc(F)cc4)no2)CCS3(=O)=O)n1. The highest BCUT2D eigenvalue weighted by Crippen LogP contribution is 2.49. The minimum absolute atomic E-state index is 0.00157. The molecule has 2 saturated heterocycles. The van der Waals surface area contributed by atoms with Crippen molar-refractivity contribution in [1.82, 2.24) is 24.8 Å². The van der Waals surface area contributed by atoms with Gasteiger partial charge in [0.2, 0.25) is 11.7 Å². The average molecular weight is 445 g/mol. The quantitative estimate of drug-likeness (QED) is 0.603. The topological polar surface area (TPSA) is 111 Å². The van der Waals surface area contributed by atoms with Crippen molar-refractivity contribution in [1.29, 1.82) is 0 Å². The number of carbonyl (C=O) groups excluding carboxylic acids is 1. The number of aryl methyl sites for hydroxylation is 1. The van der Waals surface area contributed by atoms with Crippen molar-refractivity contribution < 1.29 is 22.1 Å². The van der Waals surface area contributed by atoms with Crippen molar-refractivity contribution in [2.45, 2.75) is 30.6 Å². The predicted molar refractivity (Wildman–Crippen MR) is 107 cm³/mol. The molecule has 1 atom stereocenters. The van der Waals surface area contributed by atoms with Gasteiger partial charge in [0.25, 0.3) is 5.91 Å². The van der Waals surface area contributed by atoms with Gasteiger partial charge >= 0.3 is 0 Å². The van der Waals surface area contributed by atoms with Crippen LogP contribution in [0.25, 0.3) is 11.4 Å². The fraction of sp³-hybridized carbons (Fsp3) is 0.400. The van der Waals surface area contributed by atoms with Crippen molar-refractivity contribution >= 4 is 15.7 Å². The number of carbonyl (C=O) groups is 1. The molecule has 1 unspecified atom stereocenters. The molecule has 0 radical (unpaired) electrons. The Bertz CT molecular complexity index is 1240. The lowest BCUT2D eigenvalue weighted by molar-refractivity contribution is 0.0497. The van der Waals surface area contributed by atoms with Crippen LogP contribution >= 0.6 is 0 Å². The van der Waals surface area contributed by atoms with Crippen LogP contribution in [-0.4, -0.2) is 62.7 Å². The van der Waals surface area contributed by atoms with Gasteiger partial charge in [0.05, 0.1) is 11.7 Å². The van der Waals surface area contributed by atoms with E-state index in [0.29, 0.717) is 24.2 Å². The van der Waals surface area contributed by atoms with Gasteiger partial charge in [0.15, 0.2) is 9.84 Å². The first-order chi connectivity index (χ1) is 14.8. The highest BCUT2D eigenvalue weighted by atomic mass is 32.2. The summed E-state index contributed by atoms with van der Waals surface area (Å²) in [7, 11) is -3.45. The summed E-state index contributed by atoms with van der Waals surface area (Å²) in [6, 6.07) is 7.28. The normalized spacial score (nSPS) is 21.4. The van der Waals surface area contributed by atoms with E-state index in [1.165, 1.54) is 29.2 Å². The molecular formula is C20H20FN5O4S. The predicted octanol–water partition coefficient (Wildman–Crippen LogP) is 1.89. The second-order valence-electron chi connectivity index (χ2n) is 7.91. The molecule has 2 aliphatic heterocycles. The summed E-state index contributed by atoms with van der Waals surface area (Å²) in [5.74, 6) is -0.683. The highest BCUT2D eigenvalue weighted by Gasteiger charge is 2.64. The Balaban J connectivity index is 1.39. The van der Waals surface area contributed by atoms with Crippen LogP contribution < -0.4 is 0 Å². The van der Waals surface area contributed by atoms with Crippen molar-refractivity contribution in [3.8, 4) is 11.4 Å². The molecule has 2 aliphatic rings. The molecule has 0 bridgehead atoms. The minimum atomic E-state index is -3.45. The molecule has 1 amide bonds. The van der Waals surface area contributed by atoms with E-state index < -0.39 is 20.5 Å². The lowest BCUT2D eigenvalue weighted by Crippen LogP contribution is -2.67. The Kier molecular flexibility index (Phi) is 4.47. The standard InChI is InChI=1S/C20H20FN5O4S/c1-2-26-9-7-16(23-26)19(27)25-11-20(12-25)15(8-10-31(20,28)29)18-22-17(24-30-18)13-3-5-14(21)6-4-13/h3-7,9,15H,2,8,10-12H2,1H3. The zero-order chi connectivity index (χ0) is 21.8. The summed E-state index contributed by atoms with van der Waals surface area (Å²) < 4.78 is 45.0. The Hall–Kier alpha value is -3.08. The third-order valence-electron chi connectivity index (χ3n) is 6.16. The summed E-state index contributed by atoms with van der Waals surface area (Å²) in [6.07, 6.45) is 2.06. The molecule has 2 aromatic heterocycles. The highest BCUT2D eigenvalue weighted by molar-refractivity contribution is 7.93. The molecule has 1 aromatic carbocycles. The number of aromatic nitrogens is 4. The molecule has 1 spiro atoms. The number of halogens is 1. The summed E-state index contributed by atoms with van der Waals surface area (Å²) in [5.41, 5.74) is 0.864. The van der Waals surface area contributed by atoms with E-state index >= 15 is 0 Å². The van der Waals surface area contributed by atoms with Crippen LogP contribution in [0.5, 0.6) is 0 Å². The van der Waals surface area contributed by atoms with Gasteiger partial charge in [0.1, 0.15) is 16.3 Å². The fourth-order valence-electron chi connectivity index (χ4n) is 4.37. The van der Waals surface area contributed by atoms with E-state index in [9.17, 15) is 17.6 Å². The maximum Gasteiger partial charge on any atom is 0.274 e. The smallest absolute Gasteiger partial charge is 0.274 e. The number of likely N-dealkylation sites (tertiary alicyclic amines) is 1. The average Bonchev–Trinajstić information content (AvgIpc) is 3.43. The van der Waals surface area contributed by atoms with E-state index in [-0.39, 0.29) is 42.3 Å². The molecule has 5 rings (SSSR count). The Morgan fingerprint density at radius 1 is 1.26 bits per heavy atom. The molecule has 3 aromatic rings. The monoisotopic (exact) mass is 445 g/mol. The Labute approximate surface area is 177 Å². The van der Waals surface area contributed by atoms with Crippen LogP contribution in [0.2, 0.25) is 0 Å². The zero-order valence-electron chi connectivity index (χ0n) is 16.7. The van der Waals surface area contributed by atoms with E-state index in [0.717, 1.165) is 0 Å². The molecule has 162 valence electrons. The van der Waals surface area contributed by atoms with Crippen molar-refractivity contribution in [2.24, 2.45) is 0 Å². The van der Waals surface area contributed by atoms with Gasteiger partial charge in [-0.2, -0.15) is 10.1 Å². The van der Waals surface area contributed by atoms with Crippen LogP contribution in [0.4, 0.5) is 4.39 Å². The molecule has 0 N–H and O–H groups in total. The van der Waals surface area contributed by atoms with Crippen LogP contribution in [0, 0.1) is 5.82 Å². The van der Waals surface area contributed by atoms with Gasteiger partial charge < -0.3 is 9.42 Å². The lowest BCUT2D eigenvalue weighted by Gasteiger charge is -2.48. The Morgan fingerprint density at radius 2 is 2.00 bits per heavy atom. The first-order valence-corrected chi connectivity index (χ1v) is 11.6. The number of nitrogens with zero attached hydrogens (tertiary/aromatic N) is 5. The van der Waals surface area contributed by atoms with E-state index in [1.54, 1.807) is 16.9 Å². The fourth-order valence-corrected chi connectivity index (χ4v) is 6.68. The van der Waals surface area contributed by atoms with Crippen LogP contribution in [0.1, 0.15) is 35.6 Å². The number of hydrogen-bond donors (Lipinski definition) is 0. The zero-order valence-corrected chi connectivity index (χ0v) is 17.5. The van der Waals surface area contributed by atoms with Crippen molar-refractivity contribution in [3.63, 3.8) is 0 Å². The third kappa shape index (κ3) is 3.06. The molecule has 31 heavy (non-hydrogen) atoms. The third-order valence-corrected chi connectivity index (χ3v) is 8.71. The molecule has 0 saturated carbocycles. The van der Waals surface area contributed by atoms with E-state index in [1.807, 2.05) is 6.92 Å². The molecule has 4 heterocycles. The molecule has 11 heteroatoms. The van der Waals surface area contributed by atoms with Crippen molar-refractivity contribution in [2.75, 3.05) is 18.8 Å². The maximum atomic E-state index is 13.2. The van der Waals surface area contributed by atoms with Gasteiger partial charge in [0, 0.05) is 31.4 Å². The molecule has 9 nitrogen and oxygen atoms in total. The molecule has 0 aliphatic carbocycles. The van der Waals surface area contributed by atoms with Gasteiger partial charge in [-0.05, 0) is 43.7 Å². The lowest BCUT2D eigenvalue weighted by atomic mass is 9.83. The molecule has 2 fully saturated rings. The second kappa shape index (κ2) is 6.98. The van der Waals surface area contributed by atoms with Crippen LogP contribution in [-0.2, 0) is 16.4 Å². The summed E-state index contributed by atoms with van der Waals surface area (Å²) in [4.78, 5) is 18.6. The number of amides is 1. The maximum absolute atomic E-state index is 13.2.